The molecule has 2 N–H and O–H groups in total. The lowest BCUT2D eigenvalue weighted by Crippen LogP contribution is -2.31. The maximum Gasteiger partial charge on any atom is 0.252 e. The smallest absolute Gasteiger partial charge is 0.252 e. The Morgan fingerprint density at radius 3 is 2.80 bits per heavy atom. The number of aromatic nitrogens is 2. The summed E-state index contributed by atoms with van der Waals surface area (Å²) in [6, 6.07) is 2.03. The molecule has 0 radical (unpaired) electrons. The van der Waals surface area contributed by atoms with Crippen molar-refractivity contribution in [2.75, 3.05) is 5.32 Å². The highest BCUT2D eigenvalue weighted by atomic mass is 16.1. The molecule has 20 heavy (non-hydrogen) atoms. The van der Waals surface area contributed by atoms with Crippen LogP contribution in [0, 0.1) is 17.8 Å². The molecule has 1 aromatic heterocycles. The largest absolute Gasteiger partial charge is 0.367 e. The van der Waals surface area contributed by atoms with E-state index in [1.54, 1.807) is 6.07 Å². The summed E-state index contributed by atoms with van der Waals surface area (Å²) in [5.74, 6) is 4.75. The minimum Gasteiger partial charge on any atom is -0.367 e. The Morgan fingerprint density at radius 2 is 2.15 bits per heavy atom. The summed E-state index contributed by atoms with van der Waals surface area (Å²) in [6.45, 7) is 2.25. The summed E-state index contributed by atoms with van der Waals surface area (Å²) >= 11 is 0. The van der Waals surface area contributed by atoms with Crippen molar-refractivity contribution in [3.8, 4) is 0 Å². The fourth-order valence-electron chi connectivity index (χ4n) is 4.35. The molecule has 0 aliphatic heterocycles. The fourth-order valence-corrected chi connectivity index (χ4v) is 4.35. The number of hydrogen-bond donors (Lipinski definition) is 2. The third-order valence-electron chi connectivity index (χ3n) is 5.53. The molecule has 4 nitrogen and oxygen atoms in total. The van der Waals surface area contributed by atoms with E-state index in [0.717, 1.165) is 42.2 Å². The monoisotopic (exact) mass is 273 g/mol. The van der Waals surface area contributed by atoms with Gasteiger partial charge in [-0.15, -0.1) is 0 Å². The van der Waals surface area contributed by atoms with Crippen molar-refractivity contribution in [2.24, 2.45) is 17.8 Å². The molecule has 4 rings (SSSR count). The van der Waals surface area contributed by atoms with Crippen molar-refractivity contribution in [3.63, 3.8) is 0 Å². The molecule has 1 heterocycles. The minimum atomic E-state index is -0.0236. The Bertz CT molecular complexity index is 563. The van der Waals surface area contributed by atoms with Gasteiger partial charge in [-0.25, -0.2) is 4.98 Å². The number of nitrogens with zero attached hydrogens (tertiary/aromatic N) is 1. The molecule has 4 atom stereocenters. The summed E-state index contributed by atoms with van der Waals surface area (Å²) in [6.07, 6.45) is 7.94. The number of fused-ring (bicyclic) bond motifs is 2. The zero-order valence-electron chi connectivity index (χ0n) is 12.1. The zero-order valence-corrected chi connectivity index (χ0v) is 12.1. The normalized spacial score (nSPS) is 33.4. The molecule has 3 fully saturated rings. The Kier molecular flexibility index (Phi) is 2.86. The number of hydrogen-bond acceptors (Lipinski definition) is 3. The lowest BCUT2D eigenvalue weighted by molar-refractivity contribution is 0.304. The molecule has 0 saturated heterocycles. The first-order chi connectivity index (χ1) is 9.69. The van der Waals surface area contributed by atoms with Crippen molar-refractivity contribution >= 4 is 5.82 Å². The molecule has 4 unspecified atom stereocenters. The van der Waals surface area contributed by atoms with E-state index in [0.29, 0.717) is 12.0 Å². The molecule has 3 saturated carbocycles. The summed E-state index contributed by atoms with van der Waals surface area (Å²) in [4.78, 5) is 19.2. The maximum atomic E-state index is 11.7. The zero-order chi connectivity index (χ0) is 13.7. The molecule has 2 bridgehead atoms. The highest BCUT2D eigenvalue weighted by Gasteiger charge is 2.41. The predicted octanol–water partition coefficient (Wildman–Crippen LogP) is 2.88. The number of H-pyrrole nitrogens is 1. The Balaban J connectivity index is 1.49. The van der Waals surface area contributed by atoms with Crippen LogP contribution in [0.4, 0.5) is 5.82 Å². The van der Waals surface area contributed by atoms with Crippen molar-refractivity contribution in [2.45, 2.75) is 57.4 Å². The second-order valence-electron chi connectivity index (χ2n) is 7.06. The van der Waals surface area contributed by atoms with Crippen LogP contribution in [0.5, 0.6) is 0 Å². The SMILES string of the molecule is CC(Nc1cc(=O)[nH]c(C2CC2)n1)C1CC2CCC1C2. The Hall–Kier alpha value is -1.32. The van der Waals surface area contributed by atoms with Crippen LogP contribution in [0.25, 0.3) is 0 Å². The van der Waals surface area contributed by atoms with Gasteiger partial charge >= 0.3 is 0 Å². The second kappa shape index (κ2) is 4.61. The predicted molar refractivity (Wildman–Crippen MR) is 78.9 cm³/mol. The average molecular weight is 273 g/mol. The van der Waals surface area contributed by atoms with Gasteiger partial charge in [0.2, 0.25) is 0 Å². The van der Waals surface area contributed by atoms with Gasteiger partial charge in [0, 0.05) is 18.0 Å². The molecule has 1 aromatic rings. The molecule has 0 spiro atoms. The third-order valence-corrected chi connectivity index (χ3v) is 5.53. The molecule has 3 aliphatic carbocycles. The van der Waals surface area contributed by atoms with Crippen molar-refractivity contribution in [3.05, 3.63) is 22.2 Å². The van der Waals surface area contributed by atoms with E-state index in [1.165, 1.54) is 25.7 Å². The Morgan fingerprint density at radius 1 is 1.30 bits per heavy atom. The lowest BCUT2D eigenvalue weighted by atomic mass is 9.84. The van der Waals surface area contributed by atoms with Gasteiger partial charge in [-0.3, -0.25) is 4.79 Å². The van der Waals surface area contributed by atoms with Crippen LogP contribution in [-0.4, -0.2) is 16.0 Å². The van der Waals surface area contributed by atoms with Crippen LogP contribution in [0.2, 0.25) is 0 Å². The molecule has 4 heteroatoms. The minimum absolute atomic E-state index is 0.0236. The van der Waals surface area contributed by atoms with Crippen molar-refractivity contribution < 1.29 is 0 Å². The second-order valence-corrected chi connectivity index (χ2v) is 7.06. The van der Waals surface area contributed by atoms with E-state index in [9.17, 15) is 4.79 Å². The van der Waals surface area contributed by atoms with Crippen LogP contribution in [-0.2, 0) is 0 Å². The fraction of sp³-hybridized carbons (Fsp3) is 0.750. The van der Waals surface area contributed by atoms with E-state index in [1.807, 2.05) is 0 Å². The van der Waals surface area contributed by atoms with E-state index >= 15 is 0 Å². The van der Waals surface area contributed by atoms with Crippen molar-refractivity contribution in [1.82, 2.24) is 9.97 Å². The van der Waals surface area contributed by atoms with Gasteiger partial charge in [0.05, 0.1) is 0 Å². The summed E-state index contributed by atoms with van der Waals surface area (Å²) < 4.78 is 0. The van der Waals surface area contributed by atoms with Gasteiger partial charge in [0.15, 0.2) is 0 Å². The van der Waals surface area contributed by atoms with E-state index in [2.05, 4.69) is 22.2 Å². The Labute approximate surface area is 119 Å². The average Bonchev–Trinajstić information content (AvgIpc) is 3.06. The molecule has 0 amide bonds. The first-order valence-electron chi connectivity index (χ1n) is 8.07. The van der Waals surface area contributed by atoms with Crippen LogP contribution in [0.3, 0.4) is 0 Å². The van der Waals surface area contributed by atoms with Gasteiger partial charge in [-0.2, -0.15) is 0 Å². The molecule has 3 aliphatic rings. The quantitative estimate of drug-likeness (QED) is 0.887. The summed E-state index contributed by atoms with van der Waals surface area (Å²) in [7, 11) is 0. The van der Waals surface area contributed by atoms with E-state index in [-0.39, 0.29) is 5.56 Å². The number of rotatable bonds is 4. The lowest BCUT2D eigenvalue weighted by Gasteiger charge is -2.28. The number of nitrogens with one attached hydrogen (secondary N) is 2. The third kappa shape index (κ3) is 2.25. The van der Waals surface area contributed by atoms with Crippen LogP contribution in [0.1, 0.15) is 57.2 Å². The molecular weight excluding hydrogens is 250 g/mol. The molecule has 108 valence electrons. The van der Waals surface area contributed by atoms with Crippen LogP contribution >= 0.6 is 0 Å². The summed E-state index contributed by atoms with van der Waals surface area (Å²) in [5, 5.41) is 3.50. The highest BCUT2D eigenvalue weighted by molar-refractivity contribution is 5.35. The highest BCUT2D eigenvalue weighted by Crippen LogP contribution is 2.49. The van der Waals surface area contributed by atoms with Gasteiger partial charge in [0.25, 0.3) is 5.56 Å². The van der Waals surface area contributed by atoms with E-state index in [4.69, 9.17) is 0 Å². The van der Waals surface area contributed by atoms with Crippen LogP contribution < -0.4 is 10.9 Å². The first kappa shape index (κ1) is 12.4. The van der Waals surface area contributed by atoms with Gasteiger partial charge in [-0.05, 0) is 56.8 Å². The summed E-state index contributed by atoms with van der Waals surface area (Å²) in [5.41, 5.74) is -0.0236. The standard InChI is InChI=1S/C16H23N3O/c1-9(13-7-10-2-3-12(13)6-10)17-14-8-15(20)19-16(18-14)11-4-5-11/h8-13H,2-7H2,1H3,(H2,17,18,19,20). The van der Waals surface area contributed by atoms with Crippen molar-refractivity contribution in [1.29, 1.82) is 0 Å². The molecular formula is C16H23N3O. The maximum absolute atomic E-state index is 11.7. The topological polar surface area (TPSA) is 57.8 Å². The van der Waals surface area contributed by atoms with Gasteiger partial charge in [0.1, 0.15) is 11.6 Å². The van der Waals surface area contributed by atoms with Gasteiger partial charge in [-0.1, -0.05) is 6.42 Å². The number of aromatic amines is 1. The van der Waals surface area contributed by atoms with Crippen LogP contribution in [0.15, 0.2) is 10.9 Å². The van der Waals surface area contributed by atoms with E-state index < -0.39 is 0 Å². The molecule has 0 aromatic carbocycles. The first-order valence-corrected chi connectivity index (χ1v) is 8.07. The van der Waals surface area contributed by atoms with Gasteiger partial charge < -0.3 is 10.3 Å². The number of anilines is 1.